The van der Waals surface area contributed by atoms with Gasteiger partial charge in [-0.05, 0) is 12.1 Å². The molecule has 2 heterocycles. The van der Waals surface area contributed by atoms with Crippen molar-refractivity contribution in [1.29, 1.82) is 0 Å². The van der Waals surface area contributed by atoms with Gasteiger partial charge in [-0.15, -0.1) is 11.3 Å². The van der Waals surface area contributed by atoms with E-state index in [-0.39, 0.29) is 0 Å². The van der Waals surface area contributed by atoms with Crippen molar-refractivity contribution < 1.29 is 4.79 Å². The fourth-order valence-corrected chi connectivity index (χ4v) is 2.67. The van der Waals surface area contributed by atoms with Crippen LogP contribution < -0.4 is 0 Å². The standard InChI is InChI=1S/C12H9N3OS/c16-8-11-13-5-6-15(11)7-12-14-9-3-1-2-4-10(9)17-12/h1-6,8H,7H2. The van der Waals surface area contributed by atoms with Crippen LogP contribution in [0.2, 0.25) is 0 Å². The summed E-state index contributed by atoms with van der Waals surface area (Å²) in [4.78, 5) is 19.2. The van der Waals surface area contributed by atoms with Crippen molar-refractivity contribution in [2.45, 2.75) is 6.54 Å². The fraction of sp³-hybridized carbons (Fsp3) is 0.0833. The number of imidazole rings is 1. The van der Waals surface area contributed by atoms with Crippen LogP contribution >= 0.6 is 11.3 Å². The van der Waals surface area contributed by atoms with E-state index in [1.165, 1.54) is 0 Å². The van der Waals surface area contributed by atoms with Gasteiger partial charge in [-0.2, -0.15) is 0 Å². The number of nitrogens with zero attached hydrogens (tertiary/aromatic N) is 3. The van der Waals surface area contributed by atoms with Crippen LogP contribution in [-0.2, 0) is 6.54 Å². The minimum absolute atomic E-state index is 0.434. The Morgan fingerprint density at radius 1 is 1.35 bits per heavy atom. The first-order valence-corrected chi connectivity index (χ1v) is 5.99. The molecule has 0 aliphatic heterocycles. The van der Waals surface area contributed by atoms with Crippen molar-refractivity contribution >= 4 is 27.8 Å². The summed E-state index contributed by atoms with van der Waals surface area (Å²) in [7, 11) is 0. The average molecular weight is 243 g/mol. The Labute approximate surface area is 102 Å². The van der Waals surface area contributed by atoms with Gasteiger partial charge >= 0.3 is 0 Å². The van der Waals surface area contributed by atoms with E-state index in [1.54, 1.807) is 28.3 Å². The zero-order chi connectivity index (χ0) is 11.7. The first kappa shape index (κ1) is 10.2. The molecule has 0 N–H and O–H groups in total. The van der Waals surface area contributed by atoms with Gasteiger partial charge < -0.3 is 4.57 Å². The molecular weight excluding hydrogens is 234 g/mol. The van der Waals surface area contributed by atoms with Crippen LogP contribution in [0.15, 0.2) is 36.7 Å². The zero-order valence-corrected chi connectivity index (χ0v) is 9.72. The molecule has 4 nitrogen and oxygen atoms in total. The molecule has 3 rings (SSSR count). The number of carbonyl (C=O) groups excluding carboxylic acids is 1. The molecule has 0 radical (unpaired) electrons. The number of hydrogen-bond donors (Lipinski definition) is 0. The third-order valence-electron chi connectivity index (χ3n) is 2.50. The van der Waals surface area contributed by atoms with Crippen molar-refractivity contribution in [3.63, 3.8) is 0 Å². The fourth-order valence-electron chi connectivity index (χ4n) is 1.71. The van der Waals surface area contributed by atoms with Crippen molar-refractivity contribution in [3.8, 4) is 0 Å². The maximum Gasteiger partial charge on any atom is 0.185 e. The molecule has 2 aromatic heterocycles. The molecular formula is C12H9N3OS. The molecule has 0 atom stereocenters. The molecule has 17 heavy (non-hydrogen) atoms. The Hall–Kier alpha value is -2.01. The van der Waals surface area contributed by atoms with Crippen molar-refractivity contribution in [2.75, 3.05) is 0 Å². The van der Waals surface area contributed by atoms with Crippen molar-refractivity contribution in [2.24, 2.45) is 0 Å². The second kappa shape index (κ2) is 4.10. The molecule has 0 saturated carbocycles. The van der Waals surface area contributed by atoms with E-state index in [0.717, 1.165) is 21.5 Å². The zero-order valence-electron chi connectivity index (χ0n) is 8.91. The van der Waals surface area contributed by atoms with Crippen molar-refractivity contribution in [3.05, 3.63) is 47.5 Å². The van der Waals surface area contributed by atoms with E-state index in [9.17, 15) is 4.79 Å². The Kier molecular flexibility index (Phi) is 2.45. The Morgan fingerprint density at radius 2 is 2.24 bits per heavy atom. The number of aromatic nitrogens is 3. The maximum absolute atomic E-state index is 10.8. The Balaban J connectivity index is 1.97. The molecule has 3 aromatic rings. The largest absolute Gasteiger partial charge is 0.322 e. The summed E-state index contributed by atoms with van der Waals surface area (Å²) in [6, 6.07) is 8.01. The summed E-state index contributed by atoms with van der Waals surface area (Å²) < 4.78 is 2.96. The lowest BCUT2D eigenvalue weighted by molar-refractivity contribution is 0.111. The van der Waals surface area contributed by atoms with Crippen LogP contribution in [0.3, 0.4) is 0 Å². The highest BCUT2D eigenvalue weighted by Gasteiger charge is 2.06. The summed E-state index contributed by atoms with van der Waals surface area (Å²) in [5.41, 5.74) is 1.00. The minimum atomic E-state index is 0.434. The summed E-state index contributed by atoms with van der Waals surface area (Å²) >= 11 is 1.64. The normalized spacial score (nSPS) is 10.8. The lowest BCUT2D eigenvalue weighted by atomic mass is 10.3. The molecule has 0 amide bonds. The van der Waals surface area contributed by atoms with E-state index in [4.69, 9.17) is 0 Å². The predicted octanol–water partition coefficient (Wildman–Crippen LogP) is 2.35. The predicted molar refractivity (Wildman–Crippen MR) is 66.3 cm³/mol. The van der Waals surface area contributed by atoms with E-state index in [1.807, 2.05) is 24.3 Å². The molecule has 0 aliphatic carbocycles. The highest BCUT2D eigenvalue weighted by Crippen LogP contribution is 2.22. The summed E-state index contributed by atoms with van der Waals surface area (Å²) in [5.74, 6) is 0.434. The summed E-state index contributed by atoms with van der Waals surface area (Å²) in [6.07, 6.45) is 4.17. The molecule has 1 aromatic carbocycles. The Morgan fingerprint density at radius 3 is 3.06 bits per heavy atom. The molecule has 0 bridgehead atoms. The summed E-state index contributed by atoms with van der Waals surface area (Å²) in [5, 5.41) is 0.979. The first-order chi connectivity index (χ1) is 8.36. The van der Waals surface area contributed by atoms with Gasteiger partial charge in [0.15, 0.2) is 12.1 Å². The maximum atomic E-state index is 10.8. The number of fused-ring (bicyclic) bond motifs is 1. The molecule has 0 aliphatic rings. The molecule has 5 heteroatoms. The molecule has 0 spiro atoms. The van der Waals surface area contributed by atoms with Gasteiger partial charge in [-0.1, -0.05) is 12.1 Å². The van der Waals surface area contributed by atoms with Gasteiger partial charge in [-0.25, -0.2) is 9.97 Å². The molecule has 0 unspecified atom stereocenters. The highest BCUT2D eigenvalue weighted by atomic mass is 32.1. The first-order valence-electron chi connectivity index (χ1n) is 5.17. The average Bonchev–Trinajstić information content (AvgIpc) is 2.94. The molecule has 0 saturated heterocycles. The number of para-hydroxylation sites is 1. The lowest BCUT2D eigenvalue weighted by Crippen LogP contribution is -2.02. The third kappa shape index (κ3) is 1.85. The smallest absolute Gasteiger partial charge is 0.185 e. The number of thiazole rings is 1. The van der Waals surface area contributed by atoms with Crippen LogP contribution in [0, 0.1) is 0 Å². The van der Waals surface area contributed by atoms with Crippen molar-refractivity contribution in [1.82, 2.24) is 14.5 Å². The molecule has 0 fully saturated rings. The second-order valence-electron chi connectivity index (χ2n) is 3.61. The highest BCUT2D eigenvalue weighted by molar-refractivity contribution is 7.18. The summed E-state index contributed by atoms with van der Waals surface area (Å²) in [6.45, 7) is 0.591. The second-order valence-corrected chi connectivity index (χ2v) is 4.72. The van der Waals surface area contributed by atoms with Gasteiger partial charge in [0.2, 0.25) is 0 Å². The van der Waals surface area contributed by atoms with Gasteiger partial charge in [0.05, 0.1) is 16.8 Å². The van der Waals surface area contributed by atoms with Gasteiger partial charge in [0.25, 0.3) is 0 Å². The van der Waals surface area contributed by atoms with E-state index >= 15 is 0 Å². The van der Waals surface area contributed by atoms with Gasteiger partial charge in [0, 0.05) is 12.4 Å². The van der Waals surface area contributed by atoms with E-state index in [2.05, 4.69) is 9.97 Å². The minimum Gasteiger partial charge on any atom is -0.322 e. The van der Waals surface area contributed by atoms with E-state index in [0.29, 0.717) is 12.4 Å². The topological polar surface area (TPSA) is 47.8 Å². The van der Waals surface area contributed by atoms with E-state index < -0.39 is 0 Å². The quantitative estimate of drug-likeness (QED) is 0.663. The number of aldehydes is 1. The van der Waals surface area contributed by atoms with Gasteiger partial charge in [0.1, 0.15) is 5.01 Å². The number of carbonyl (C=O) groups is 1. The lowest BCUT2D eigenvalue weighted by Gasteiger charge is -1.99. The van der Waals surface area contributed by atoms with Crippen LogP contribution in [0.25, 0.3) is 10.2 Å². The van der Waals surface area contributed by atoms with Gasteiger partial charge in [-0.3, -0.25) is 4.79 Å². The molecule has 84 valence electrons. The monoisotopic (exact) mass is 243 g/mol. The SMILES string of the molecule is O=Cc1nccn1Cc1nc2ccccc2s1. The Bertz CT molecular complexity index is 638. The number of benzene rings is 1. The van der Waals surface area contributed by atoms with Crippen LogP contribution in [0.5, 0.6) is 0 Å². The third-order valence-corrected chi connectivity index (χ3v) is 3.52. The number of rotatable bonds is 3. The van der Waals surface area contributed by atoms with Crippen LogP contribution in [0.1, 0.15) is 15.6 Å². The number of hydrogen-bond acceptors (Lipinski definition) is 4. The van der Waals surface area contributed by atoms with Crippen LogP contribution in [0.4, 0.5) is 0 Å². The van der Waals surface area contributed by atoms with Crippen LogP contribution in [-0.4, -0.2) is 20.8 Å².